The number of nitrogens with zero attached hydrogens (tertiary/aromatic N) is 2. The molecule has 0 unspecified atom stereocenters. The van der Waals surface area contributed by atoms with Crippen LogP contribution in [0.5, 0.6) is 0 Å². The van der Waals surface area contributed by atoms with E-state index in [-0.39, 0.29) is 18.3 Å². The summed E-state index contributed by atoms with van der Waals surface area (Å²) in [6, 6.07) is 6.45. The van der Waals surface area contributed by atoms with Gasteiger partial charge in [0.25, 0.3) is 0 Å². The second-order valence-electron chi connectivity index (χ2n) is 4.65. The number of hydrogen-bond donors (Lipinski definition) is 1. The SMILES string of the molecule is CC(C)c1c(Sc2cccc(F)c2)nc(CO)n1C. The van der Waals surface area contributed by atoms with E-state index >= 15 is 0 Å². The Labute approximate surface area is 116 Å². The van der Waals surface area contributed by atoms with Gasteiger partial charge in [-0.1, -0.05) is 31.7 Å². The lowest BCUT2D eigenvalue weighted by atomic mass is 10.1. The molecule has 5 heteroatoms. The maximum atomic E-state index is 13.2. The van der Waals surface area contributed by atoms with Crippen molar-refractivity contribution in [1.82, 2.24) is 9.55 Å². The molecule has 0 radical (unpaired) electrons. The van der Waals surface area contributed by atoms with Crippen LogP contribution < -0.4 is 0 Å². The number of aromatic nitrogens is 2. The van der Waals surface area contributed by atoms with Crippen LogP contribution in [-0.2, 0) is 13.7 Å². The maximum absolute atomic E-state index is 13.2. The number of imidazole rings is 1. The van der Waals surface area contributed by atoms with E-state index in [1.807, 2.05) is 17.7 Å². The highest BCUT2D eigenvalue weighted by atomic mass is 32.2. The van der Waals surface area contributed by atoms with Crippen molar-refractivity contribution in [3.05, 3.63) is 41.6 Å². The van der Waals surface area contributed by atoms with Crippen molar-refractivity contribution in [3.63, 3.8) is 0 Å². The lowest BCUT2D eigenvalue weighted by molar-refractivity contribution is 0.266. The molecular weight excluding hydrogens is 263 g/mol. The fraction of sp³-hybridized carbons (Fsp3) is 0.357. The standard InChI is InChI=1S/C14H17FN2OS/c1-9(2)13-14(16-12(8-18)17(13)3)19-11-6-4-5-10(15)7-11/h4-7,9,18H,8H2,1-3H3. The molecule has 1 heterocycles. The van der Waals surface area contributed by atoms with Crippen LogP contribution in [0.4, 0.5) is 4.39 Å². The molecule has 0 fully saturated rings. The van der Waals surface area contributed by atoms with Gasteiger partial charge in [0.1, 0.15) is 23.3 Å². The summed E-state index contributed by atoms with van der Waals surface area (Å²) in [6.45, 7) is 4.06. The van der Waals surface area contributed by atoms with Gasteiger partial charge in [0.15, 0.2) is 0 Å². The van der Waals surface area contributed by atoms with Crippen molar-refractivity contribution in [2.24, 2.45) is 7.05 Å². The second-order valence-corrected chi connectivity index (χ2v) is 5.71. The predicted octanol–water partition coefficient (Wildman–Crippen LogP) is 3.33. The number of halogens is 1. The third kappa shape index (κ3) is 2.98. The zero-order valence-electron chi connectivity index (χ0n) is 11.2. The lowest BCUT2D eigenvalue weighted by Gasteiger charge is -2.09. The third-order valence-electron chi connectivity index (χ3n) is 2.90. The summed E-state index contributed by atoms with van der Waals surface area (Å²) in [5, 5.41) is 10.1. The fourth-order valence-electron chi connectivity index (χ4n) is 2.02. The van der Waals surface area contributed by atoms with Crippen molar-refractivity contribution in [2.75, 3.05) is 0 Å². The van der Waals surface area contributed by atoms with Gasteiger partial charge in [0.05, 0.1) is 5.69 Å². The highest BCUT2D eigenvalue weighted by molar-refractivity contribution is 7.99. The van der Waals surface area contributed by atoms with Crippen molar-refractivity contribution in [1.29, 1.82) is 0 Å². The molecule has 0 aliphatic carbocycles. The number of aliphatic hydroxyl groups is 1. The molecule has 2 aromatic rings. The van der Waals surface area contributed by atoms with Crippen molar-refractivity contribution in [3.8, 4) is 0 Å². The highest BCUT2D eigenvalue weighted by Gasteiger charge is 2.17. The first-order chi connectivity index (χ1) is 9.02. The normalized spacial score (nSPS) is 11.3. The smallest absolute Gasteiger partial charge is 0.135 e. The number of hydrogen-bond acceptors (Lipinski definition) is 3. The van der Waals surface area contributed by atoms with Crippen LogP contribution in [0.1, 0.15) is 31.3 Å². The molecule has 19 heavy (non-hydrogen) atoms. The van der Waals surface area contributed by atoms with Gasteiger partial charge in [-0.3, -0.25) is 0 Å². The Balaban J connectivity index is 2.39. The molecule has 0 amide bonds. The fourth-order valence-corrected chi connectivity index (χ4v) is 3.19. The Morgan fingerprint density at radius 1 is 1.42 bits per heavy atom. The summed E-state index contributed by atoms with van der Waals surface area (Å²) in [4.78, 5) is 5.24. The molecule has 0 saturated heterocycles. The third-order valence-corrected chi connectivity index (χ3v) is 3.88. The quantitative estimate of drug-likeness (QED) is 0.933. The van der Waals surface area contributed by atoms with E-state index in [9.17, 15) is 9.50 Å². The first-order valence-electron chi connectivity index (χ1n) is 6.12. The van der Waals surface area contributed by atoms with E-state index in [1.54, 1.807) is 6.07 Å². The van der Waals surface area contributed by atoms with Gasteiger partial charge in [0.2, 0.25) is 0 Å². The van der Waals surface area contributed by atoms with Crippen LogP contribution in [0.25, 0.3) is 0 Å². The van der Waals surface area contributed by atoms with Gasteiger partial charge in [0, 0.05) is 11.9 Å². The molecule has 3 nitrogen and oxygen atoms in total. The Bertz CT molecular complexity index is 581. The summed E-state index contributed by atoms with van der Waals surface area (Å²) < 4.78 is 15.1. The summed E-state index contributed by atoms with van der Waals surface area (Å²) in [7, 11) is 1.89. The van der Waals surface area contributed by atoms with E-state index in [4.69, 9.17) is 0 Å². The lowest BCUT2D eigenvalue weighted by Crippen LogP contribution is -2.03. The Hall–Kier alpha value is -1.33. The van der Waals surface area contributed by atoms with E-state index < -0.39 is 0 Å². The summed E-state index contributed by atoms with van der Waals surface area (Å²) in [6.07, 6.45) is 0. The first-order valence-corrected chi connectivity index (χ1v) is 6.94. The van der Waals surface area contributed by atoms with Crippen LogP contribution in [0.3, 0.4) is 0 Å². The zero-order chi connectivity index (χ0) is 14.0. The summed E-state index contributed by atoms with van der Waals surface area (Å²) in [5.74, 6) is 0.658. The van der Waals surface area contributed by atoms with E-state index in [1.165, 1.54) is 23.9 Å². The first kappa shape index (κ1) is 14.1. The molecule has 0 atom stereocenters. The van der Waals surface area contributed by atoms with Crippen LogP contribution in [0, 0.1) is 5.82 Å². The topological polar surface area (TPSA) is 38.1 Å². The summed E-state index contributed by atoms with van der Waals surface area (Å²) in [5.41, 5.74) is 1.05. The minimum Gasteiger partial charge on any atom is -0.388 e. The van der Waals surface area contributed by atoms with Crippen LogP contribution in [0.15, 0.2) is 34.2 Å². The molecule has 102 valence electrons. The molecule has 2 rings (SSSR count). The Morgan fingerprint density at radius 3 is 2.74 bits per heavy atom. The van der Waals surface area contributed by atoms with Gasteiger partial charge >= 0.3 is 0 Å². The van der Waals surface area contributed by atoms with Crippen LogP contribution in [-0.4, -0.2) is 14.7 Å². The van der Waals surface area contributed by atoms with E-state index in [0.29, 0.717) is 5.82 Å². The van der Waals surface area contributed by atoms with Gasteiger partial charge < -0.3 is 9.67 Å². The molecule has 1 aromatic carbocycles. The van der Waals surface area contributed by atoms with Gasteiger partial charge in [-0.2, -0.15) is 0 Å². The Kier molecular flexibility index (Phi) is 4.27. The van der Waals surface area contributed by atoms with E-state index in [0.717, 1.165) is 15.6 Å². The number of benzene rings is 1. The molecule has 0 spiro atoms. The van der Waals surface area contributed by atoms with Crippen molar-refractivity contribution >= 4 is 11.8 Å². The minimum absolute atomic E-state index is 0.0973. The predicted molar refractivity (Wildman–Crippen MR) is 73.7 cm³/mol. The average molecular weight is 280 g/mol. The molecule has 1 N–H and O–H groups in total. The minimum atomic E-state index is -0.255. The average Bonchev–Trinajstić information content (AvgIpc) is 2.65. The maximum Gasteiger partial charge on any atom is 0.135 e. The number of rotatable bonds is 4. The molecular formula is C14H17FN2OS. The highest BCUT2D eigenvalue weighted by Crippen LogP contribution is 2.33. The van der Waals surface area contributed by atoms with Crippen LogP contribution in [0.2, 0.25) is 0 Å². The molecule has 0 aliphatic heterocycles. The monoisotopic (exact) mass is 280 g/mol. The van der Waals surface area contributed by atoms with Crippen molar-refractivity contribution in [2.45, 2.75) is 36.3 Å². The van der Waals surface area contributed by atoms with Crippen molar-refractivity contribution < 1.29 is 9.50 Å². The van der Waals surface area contributed by atoms with Gasteiger partial charge in [-0.15, -0.1) is 0 Å². The van der Waals surface area contributed by atoms with Crippen LogP contribution >= 0.6 is 11.8 Å². The molecule has 0 aliphatic rings. The second kappa shape index (κ2) is 5.75. The van der Waals surface area contributed by atoms with Gasteiger partial charge in [-0.05, 0) is 24.1 Å². The Morgan fingerprint density at radius 2 is 2.16 bits per heavy atom. The number of aliphatic hydroxyl groups excluding tert-OH is 1. The largest absolute Gasteiger partial charge is 0.388 e. The molecule has 1 aromatic heterocycles. The zero-order valence-corrected chi connectivity index (χ0v) is 12.0. The van der Waals surface area contributed by atoms with Gasteiger partial charge in [-0.25, -0.2) is 9.37 Å². The molecule has 0 saturated carbocycles. The van der Waals surface area contributed by atoms with E-state index in [2.05, 4.69) is 18.8 Å². The molecule has 0 bridgehead atoms. The summed E-state index contributed by atoms with van der Waals surface area (Å²) >= 11 is 1.42.